The molecule has 0 bridgehead atoms. The average Bonchev–Trinajstić information content (AvgIpc) is 2.54. The number of carbonyl (C=O) groups is 1. The van der Waals surface area contributed by atoms with E-state index in [1.807, 2.05) is 42.5 Å². The molecule has 1 amide bonds. The molecule has 0 aliphatic rings. The quantitative estimate of drug-likeness (QED) is 0.932. The van der Waals surface area contributed by atoms with Crippen LogP contribution in [0.15, 0.2) is 54.6 Å². The Morgan fingerprint density at radius 1 is 1.05 bits per heavy atom. The van der Waals surface area contributed by atoms with Gasteiger partial charge in [-0.15, -0.1) is 0 Å². The minimum absolute atomic E-state index is 0.342. The van der Waals surface area contributed by atoms with E-state index in [0.717, 1.165) is 5.56 Å². The number of nitrogens with zero attached hydrogens (tertiary/aromatic N) is 2. The molecule has 2 rings (SSSR count). The molecule has 2 aromatic rings. The molecule has 0 aliphatic heterocycles. The smallest absolute Gasteiger partial charge is 0.242 e. The largest absolute Gasteiger partial charge is 0.325 e. The van der Waals surface area contributed by atoms with Gasteiger partial charge >= 0.3 is 0 Å². The Kier molecular flexibility index (Phi) is 4.69. The molecule has 0 aromatic heterocycles. The van der Waals surface area contributed by atoms with Gasteiger partial charge in [-0.05, 0) is 36.2 Å². The summed E-state index contributed by atoms with van der Waals surface area (Å²) in [6, 6.07) is 20.0. The molecule has 4 heteroatoms. The lowest BCUT2D eigenvalue weighted by Crippen LogP contribution is -2.23. The summed E-state index contributed by atoms with van der Waals surface area (Å²) in [5.41, 5.74) is 2.04. The van der Waals surface area contributed by atoms with Gasteiger partial charge in [-0.3, -0.25) is 4.79 Å². The summed E-state index contributed by atoms with van der Waals surface area (Å²) >= 11 is 0. The van der Waals surface area contributed by atoms with Gasteiger partial charge < -0.3 is 5.32 Å². The molecule has 0 heterocycles. The van der Waals surface area contributed by atoms with Gasteiger partial charge in [-0.1, -0.05) is 30.3 Å². The van der Waals surface area contributed by atoms with Crippen LogP contribution in [0.4, 0.5) is 5.69 Å². The summed E-state index contributed by atoms with van der Waals surface area (Å²) in [7, 11) is 0. The molecule has 4 nitrogen and oxygen atoms in total. The van der Waals surface area contributed by atoms with Crippen molar-refractivity contribution in [3.8, 4) is 12.1 Å². The van der Waals surface area contributed by atoms with Crippen molar-refractivity contribution in [1.29, 1.82) is 10.5 Å². The first-order chi connectivity index (χ1) is 10.2. The number of nitriles is 2. The molecule has 0 saturated carbocycles. The fourth-order valence-electron chi connectivity index (χ4n) is 1.90. The minimum atomic E-state index is -0.747. The number of hydrogen-bond acceptors (Lipinski definition) is 3. The number of amides is 1. The number of nitrogens with one attached hydrogen (secondary N) is 1. The highest BCUT2D eigenvalue weighted by Crippen LogP contribution is 2.13. The fraction of sp³-hybridized carbons (Fsp3) is 0.118. The predicted octanol–water partition coefficient (Wildman–Crippen LogP) is 2.88. The minimum Gasteiger partial charge on any atom is -0.325 e. The van der Waals surface area contributed by atoms with E-state index in [0.29, 0.717) is 17.7 Å². The van der Waals surface area contributed by atoms with Crippen LogP contribution in [0.2, 0.25) is 0 Å². The predicted molar refractivity (Wildman–Crippen MR) is 79.0 cm³/mol. The third-order valence-electron chi connectivity index (χ3n) is 3.04. The van der Waals surface area contributed by atoms with Crippen molar-refractivity contribution in [2.75, 3.05) is 5.32 Å². The van der Waals surface area contributed by atoms with E-state index in [2.05, 4.69) is 5.32 Å². The number of anilines is 1. The standard InChI is InChI=1S/C17H13N3O/c18-11-14-6-8-16(9-7-14)20-17(21)15(12-19)10-13-4-2-1-3-5-13/h1-9,15H,10H2,(H,20,21). The number of carbonyl (C=O) groups excluding carboxylic acids is 1. The highest BCUT2D eigenvalue weighted by molar-refractivity contribution is 5.94. The van der Waals surface area contributed by atoms with Gasteiger partial charge in [-0.25, -0.2) is 0 Å². The monoisotopic (exact) mass is 275 g/mol. The maximum Gasteiger partial charge on any atom is 0.242 e. The van der Waals surface area contributed by atoms with Crippen molar-refractivity contribution in [2.45, 2.75) is 6.42 Å². The Labute approximate surface area is 123 Å². The van der Waals surface area contributed by atoms with E-state index < -0.39 is 5.92 Å². The molecule has 0 aliphatic carbocycles. The van der Waals surface area contributed by atoms with Crippen LogP contribution < -0.4 is 5.32 Å². The lowest BCUT2D eigenvalue weighted by Gasteiger charge is -2.10. The second-order valence-electron chi connectivity index (χ2n) is 4.55. The first-order valence-corrected chi connectivity index (χ1v) is 6.47. The summed E-state index contributed by atoms with van der Waals surface area (Å²) in [4.78, 5) is 12.1. The van der Waals surface area contributed by atoms with Gasteiger partial charge in [0.2, 0.25) is 5.91 Å². The molecule has 1 N–H and O–H groups in total. The Hall–Kier alpha value is -3.11. The summed E-state index contributed by atoms with van der Waals surface area (Å²) in [5.74, 6) is -1.09. The summed E-state index contributed by atoms with van der Waals surface area (Å²) in [6.45, 7) is 0. The topological polar surface area (TPSA) is 76.7 Å². The molecular weight excluding hydrogens is 262 g/mol. The van der Waals surface area contributed by atoms with E-state index in [4.69, 9.17) is 10.5 Å². The molecule has 0 saturated heterocycles. The molecule has 0 spiro atoms. The summed E-state index contributed by atoms with van der Waals surface area (Å²) < 4.78 is 0. The van der Waals surface area contributed by atoms with E-state index >= 15 is 0 Å². The van der Waals surface area contributed by atoms with E-state index in [1.165, 1.54) is 0 Å². The Morgan fingerprint density at radius 3 is 2.29 bits per heavy atom. The van der Waals surface area contributed by atoms with Crippen LogP contribution in [0, 0.1) is 28.6 Å². The van der Waals surface area contributed by atoms with Gasteiger partial charge in [0.05, 0.1) is 17.7 Å². The molecular formula is C17H13N3O. The Bertz CT molecular complexity index is 694. The molecule has 0 fully saturated rings. The molecule has 21 heavy (non-hydrogen) atoms. The zero-order valence-electron chi connectivity index (χ0n) is 11.3. The van der Waals surface area contributed by atoms with Crippen molar-refractivity contribution < 1.29 is 4.79 Å². The molecule has 2 aromatic carbocycles. The molecule has 1 unspecified atom stereocenters. The van der Waals surface area contributed by atoms with Crippen LogP contribution in [0.3, 0.4) is 0 Å². The van der Waals surface area contributed by atoms with Gasteiger partial charge in [-0.2, -0.15) is 10.5 Å². The van der Waals surface area contributed by atoms with Gasteiger partial charge in [0, 0.05) is 5.69 Å². The van der Waals surface area contributed by atoms with Crippen LogP contribution in [0.1, 0.15) is 11.1 Å². The van der Waals surface area contributed by atoms with Crippen LogP contribution in [-0.2, 0) is 11.2 Å². The van der Waals surface area contributed by atoms with Crippen molar-refractivity contribution in [1.82, 2.24) is 0 Å². The fourth-order valence-corrected chi connectivity index (χ4v) is 1.90. The Balaban J connectivity index is 2.03. The number of hydrogen-bond donors (Lipinski definition) is 1. The third-order valence-corrected chi connectivity index (χ3v) is 3.04. The second-order valence-corrected chi connectivity index (χ2v) is 4.55. The Morgan fingerprint density at radius 2 is 1.71 bits per heavy atom. The van der Waals surface area contributed by atoms with E-state index in [-0.39, 0.29) is 5.91 Å². The SMILES string of the molecule is N#Cc1ccc(NC(=O)C(C#N)Cc2ccccc2)cc1. The number of rotatable bonds is 4. The first-order valence-electron chi connectivity index (χ1n) is 6.47. The van der Waals surface area contributed by atoms with Gasteiger partial charge in [0.25, 0.3) is 0 Å². The highest BCUT2D eigenvalue weighted by atomic mass is 16.1. The highest BCUT2D eigenvalue weighted by Gasteiger charge is 2.18. The lowest BCUT2D eigenvalue weighted by molar-refractivity contribution is -0.118. The third kappa shape index (κ3) is 3.92. The van der Waals surface area contributed by atoms with Crippen molar-refractivity contribution >= 4 is 11.6 Å². The van der Waals surface area contributed by atoms with Gasteiger partial charge in [0.15, 0.2) is 0 Å². The molecule has 0 radical (unpaired) electrons. The molecule has 1 atom stereocenters. The zero-order chi connectivity index (χ0) is 15.1. The maximum absolute atomic E-state index is 12.1. The zero-order valence-corrected chi connectivity index (χ0v) is 11.3. The first kappa shape index (κ1) is 14.3. The normalized spacial score (nSPS) is 11.0. The van der Waals surface area contributed by atoms with Crippen LogP contribution in [-0.4, -0.2) is 5.91 Å². The van der Waals surface area contributed by atoms with Crippen LogP contribution in [0.5, 0.6) is 0 Å². The lowest BCUT2D eigenvalue weighted by atomic mass is 10.00. The maximum atomic E-state index is 12.1. The molecule has 102 valence electrons. The van der Waals surface area contributed by atoms with E-state index in [1.54, 1.807) is 24.3 Å². The van der Waals surface area contributed by atoms with Crippen molar-refractivity contribution in [3.63, 3.8) is 0 Å². The average molecular weight is 275 g/mol. The number of benzene rings is 2. The summed E-state index contributed by atoms with van der Waals surface area (Å²) in [5, 5.41) is 20.6. The second kappa shape index (κ2) is 6.88. The van der Waals surface area contributed by atoms with Crippen molar-refractivity contribution in [2.24, 2.45) is 5.92 Å². The van der Waals surface area contributed by atoms with Gasteiger partial charge in [0.1, 0.15) is 5.92 Å². The van der Waals surface area contributed by atoms with Crippen LogP contribution >= 0.6 is 0 Å². The van der Waals surface area contributed by atoms with Crippen molar-refractivity contribution in [3.05, 3.63) is 65.7 Å². The summed E-state index contributed by atoms with van der Waals surface area (Å²) in [6.07, 6.45) is 0.374. The van der Waals surface area contributed by atoms with E-state index in [9.17, 15) is 4.79 Å². The van der Waals surface area contributed by atoms with Crippen LogP contribution in [0.25, 0.3) is 0 Å².